The molecule has 4 heteroatoms. The fraction of sp³-hybridized carbons (Fsp3) is 0.938. The van der Waals surface area contributed by atoms with Gasteiger partial charge in [0.2, 0.25) is 0 Å². The number of unbranched alkanes of at least 4 members (excludes halogenated alkanes) is 12. The number of carboxylic acids is 1. The smallest absolute Gasteiger partial charge is 0.870 e. The molecular weight excluding hydrogens is 264 g/mol. The monoisotopic (exact) mass is 296 g/mol. The summed E-state index contributed by atoms with van der Waals surface area (Å²) in [6, 6.07) is 0. The van der Waals surface area contributed by atoms with Gasteiger partial charge in [0, 0.05) is 5.97 Å². The Balaban J connectivity index is -0.00000144. The van der Waals surface area contributed by atoms with Gasteiger partial charge in [0.25, 0.3) is 0 Å². The number of carbonyl (C=O) groups excluding carboxylic acids is 1. The second kappa shape index (κ2) is 21.5. The van der Waals surface area contributed by atoms with Crippen LogP contribution in [0.3, 0.4) is 0 Å². The molecule has 0 saturated carbocycles. The Hall–Kier alpha value is 0.196. The van der Waals surface area contributed by atoms with Crippen molar-refractivity contribution in [1.82, 2.24) is 0 Å². The third-order valence-electron chi connectivity index (χ3n) is 3.48. The molecule has 0 aromatic rings. The Kier molecular flexibility index (Phi) is 27.0. The summed E-state index contributed by atoms with van der Waals surface area (Å²) >= 11 is 0. The number of carbonyl (C=O) groups is 1. The summed E-state index contributed by atoms with van der Waals surface area (Å²) in [5.74, 6) is -0.905. The Morgan fingerprint density at radius 2 is 1.00 bits per heavy atom. The average molecular weight is 297 g/mol. The molecule has 0 spiro atoms. The number of aliphatic carboxylic acids is 1. The Morgan fingerprint density at radius 1 is 0.700 bits per heavy atom. The van der Waals surface area contributed by atoms with E-state index in [1.165, 1.54) is 70.6 Å². The zero-order valence-corrected chi connectivity index (χ0v) is 14.8. The molecule has 20 heavy (non-hydrogen) atoms. The van der Waals surface area contributed by atoms with Gasteiger partial charge in [-0.15, -0.1) is 0 Å². The number of hydrogen-bond acceptors (Lipinski definition) is 3. The van der Waals surface area contributed by atoms with Crippen molar-refractivity contribution >= 4 is 29.0 Å². The van der Waals surface area contributed by atoms with Crippen LogP contribution >= 0.6 is 0 Å². The Labute approximate surface area is 141 Å². The van der Waals surface area contributed by atoms with Gasteiger partial charge in [0.05, 0.1) is 0 Å². The van der Waals surface area contributed by atoms with Gasteiger partial charge in [-0.05, 0) is 12.8 Å². The predicted molar refractivity (Wildman–Crippen MR) is 83.0 cm³/mol. The van der Waals surface area contributed by atoms with E-state index in [1.54, 1.807) is 0 Å². The Morgan fingerprint density at radius 3 is 1.30 bits per heavy atom. The van der Waals surface area contributed by atoms with Gasteiger partial charge in [0.1, 0.15) is 0 Å². The van der Waals surface area contributed by atoms with Crippen molar-refractivity contribution in [3.63, 3.8) is 0 Å². The van der Waals surface area contributed by atoms with E-state index in [0.717, 1.165) is 12.8 Å². The van der Waals surface area contributed by atoms with Gasteiger partial charge in [0.15, 0.2) is 0 Å². The predicted octanol–water partition coefficient (Wildman–Crippen LogP) is 3.66. The van der Waals surface area contributed by atoms with Gasteiger partial charge in [-0.1, -0.05) is 84.0 Å². The van der Waals surface area contributed by atoms with Crippen LogP contribution in [-0.4, -0.2) is 34.5 Å². The summed E-state index contributed by atoms with van der Waals surface area (Å²) in [7, 11) is 0. The van der Waals surface area contributed by atoms with Crippen molar-refractivity contribution in [3.05, 3.63) is 0 Å². The van der Waals surface area contributed by atoms with Gasteiger partial charge in [-0.25, -0.2) is 0 Å². The van der Waals surface area contributed by atoms with Crippen LogP contribution in [0.25, 0.3) is 0 Å². The molecule has 0 aliphatic carbocycles. The first-order valence-corrected chi connectivity index (χ1v) is 7.97. The second-order valence-electron chi connectivity index (χ2n) is 5.36. The van der Waals surface area contributed by atoms with Crippen molar-refractivity contribution in [2.45, 2.75) is 96.8 Å². The van der Waals surface area contributed by atoms with Crippen molar-refractivity contribution in [2.24, 2.45) is 0 Å². The standard InChI is InChI=1S/C16H32O2.Mg.H2O/c1-2-3-4-5-6-7-8-9-10-11-12-13-14-15-16(17)18;;/h2-15H2,1H3,(H,17,18);;1H2/q;+2;/p-2. The maximum atomic E-state index is 10.2. The molecule has 3 nitrogen and oxygen atoms in total. The van der Waals surface area contributed by atoms with Crippen LogP contribution in [0.5, 0.6) is 0 Å². The Bertz CT molecular complexity index is 187. The minimum Gasteiger partial charge on any atom is -0.870 e. The molecule has 0 aliphatic rings. The largest absolute Gasteiger partial charge is 2.00 e. The van der Waals surface area contributed by atoms with Crippen molar-refractivity contribution in [3.8, 4) is 0 Å². The molecule has 0 aliphatic heterocycles. The van der Waals surface area contributed by atoms with Gasteiger partial charge < -0.3 is 15.4 Å². The molecular formula is C16H32MgO3. The molecule has 0 heterocycles. The molecule has 0 atom stereocenters. The van der Waals surface area contributed by atoms with E-state index in [2.05, 4.69) is 6.92 Å². The molecule has 0 unspecified atom stereocenters. The van der Waals surface area contributed by atoms with Crippen LogP contribution in [0.4, 0.5) is 0 Å². The van der Waals surface area contributed by atoms with Crippen LogP contribution in [-0.2, 0) is 4.79 Å². The number of carboxylic acid groups (broad SMARTS) is 1. The van der Waals surface area contributed by atoms with E-state index in [0.29, 0.717) is 0 Å². The van der Waals surface area contributed by atoms with Crippen molar-refractivity contribution < 1.29 is 15.4 Å². The molecule has 116 valence electrons. The molecule has 0 fully saturated rings. The van der Waals surface area contributed by atoms with Gasteiger partial charge >= 0.3 is 23.1 Å². The van der Waals surface area contributed by atoms with Crippen molar-refractivity contribution in [2.75, 3.05) is 0 Å². The van der Waals surface area contributed by atoms with Crippen LogP contribution in [0.2, 0.25) is 0 Å². The minimum absolute atomic E-state index is 0. The fourth-order valence-electron chi connectivity index (χ4n) is 2.29. The number of rotatable bonds is 14. The summed E-state index contributed by atoms with van der Waals surface area (Å²) in [6.07, 6.45) is 16.9. The maximum Gasteiger partial charge on any atom is 2.00 e. The molecule has 0 aromatic heterocycles. The third kappa shape index (κ3) is 23.3. The van der Waals surface area contributed by atoms with E-state index in [4.69, 9.17) is 0 Å². The molecule has 0 saturated heterocycles. The number of hydrogen-bond donors (Lipinski definition) is 0. The summed E-state index contributed by atoms with van der Waals surface area (Å²) in [5, 5.41) is 10.2. The van der Waals surface area contributed by atoms with E-state index in [1.807, 2.05) is 0 Å². The van der Waals surface area contributed by atoms with Gasteiger partial charge in [-0.3, -0.25) is 0 Å². The van der Waals surface area contributed by atoms with E-state index >= 15 is 0 Å². The minimum atomic E-state index is -0.905. The topological polar surface area (TPSA) is 70.1 Å². The molecule has 0 radical (unpaired) electrons. The van der Waals surface area contributed by atoms with Crippen LogP contribution in [0.1, 0.15) is 96.8 Å². The summed E-state index contributed by atoms with van der Waals surface area (Å²) in [4.78, 5) is 10.2. The first kappa shape index (κ1) is 25.2. The molecule has 1 N–H and O–H groups in total. The van der Waals surface area contributed by atoms with Crippen LogP contribution in [0.15, 0.2) is 0 Å². The second-order valence-corrected chi connectivity index (χ2v) is 5.36. The normalized spacial score (nSPS) is 9.65. The zero-order valence-electron chi connectivity index (χ0n) is 13.4. The maximum absolute atomic E-state index is 10.2. The molecule has 0 bridgehead atoms. The fourth-order valence-corrected chi connectivity index (χ4v) is 2.29. The van der Waals surface area contributed by atoms with E-state index < -0.39 is 5.97 Å². The molecule has 0 rings (SSSR count). The van der Waals surface area contributed by atoms with Gasteiger partial charge in [-0.2, -0.15) is 0 Å². The average Bonchev–Trinajstić information content (AvgIpc) is 2.34. The summed E-state index contributed by atoms with van der Waals surface area (Å²) in [5.41, 5.74) is 0. The molecule has 0 aromatic carbocycles. The zero-order chi connectivity index (χ0) is 13.5. The van der Waals surface area contributed by atoms with Crippen LogP contribution in [0, 0.1) is 0 Å². The SMILES string of the molecule is CCCCCCCCCCCCCCCC(=O)[O-].[Mg+2].[OH-]. The first-order chi connectivity index (χ1) is 8.77. The van der Waals surface area contributed by atoms with E-state index in [9.17, 15) is 9.90 Å². The van der Waals surface area contributed by atoms with E-state index in [-0.39, 0.29) is 34.9 Å². The van der Waals surface area contributed by atoms with Crippen LogP contribution < -0.4 is 5.11 Å². The summed E-state index contributed by atoms with van der Waals surface area (Å²) in [6.45, 7) is 2.26. The molecule has 0 amide bonds. The quantitative estimate of drug-likeness (QED) is 0.363. The van der Waals surface area contributed by atoms with Crippen molar-refractivity contribution in [1.29, 1.82) is 0 Å². The third-order valence-corrected chi connectivity index (χ3v) is 3.48. The first-order valence-electron chi connectivity index (χ1n) is 7.97. The summed E-state index contributed by atoms with van der Waals surface area (Å²) < 4.78 is 0.